The van der Waals surface area contributed by atoms with Gasteiger partial charge in [0.1, 0.15) is 5.60 Å². The molecule has 0 aliphatic carbocycles. The third-order valence-electron chi connectivity index (χ3n) is 2.15. The molecule has 0 amide bonds. The van der Waals surface area contributed by atoms with Gasteiger partial charge in [-0.15, -0.1) is 0 Å². The largest absolute Gasteiger partial charge is 0.443 e. The van der Waals surface area contributed by atoms with Crippen molar-refractivity contribution in [3.05, 3.63) is 26.5 Å². The van der Waals surface area contributed by atoms with E-state index >= 15 is 0 Å². The van der Waals surface area contributed by atoms with Crippen LogP contribution >= 0.6 is 38.5 Å². The first-order chi connectivity index (χ1) is 8.28. The summed E-state index contributed by atoms with van der Waals surface area (Å²) in [5, 5.41) is 0.927. The molecule has 18 heavy (non-hydrogen) atoms. The third-order valence-corrected chi connectivity index (χ3v) is 3.44. The Balaban J connectivity index is 2.49. The highest BCUT2D eigenvalue weighted by Gasteiger charge is 2.20. The van der Waals surface area contributed by atoms with Gasteiger partial charge >= 0.3 is 6.09 Å². The van der Waals surface area contributed by atoms with Crippen molar-refractivity contribution in [3.63, 3.8) is 0 Å². The van der Waals surface area contributed by atoms with Gasteiger partial charge in [-0.05, 0) is 65.4 Å². The fourth-order valence-corrected chi connectivity index (χ4v) is 2.50. The van der Waals surface area contributed by atoms with Crippen LogP contribution in [0.1, 0.15) is 20.8 Å². The minimum absolute atomic E-state index is 0.412. The van der Waals surface area contributed by atoms with Crippen LogP contribution in [0.5, 0.6) is 0 Å². The van der Waals surface area contributed by atoms with Crippen molar-refractivity contribution in [2.24, 2.45) is 0 Å². The fourth-order valence-electron chi connectivity index (χ4n) is 1.49. The van der Waals surface area contributed by atoms with Gasteiger partial charge in [0, 0.05) is 25.8 Å². The molecule has 96 valence electrons. The Hall–Kier alpha value is -0.630. The van der Waals surface area contributed by atoms with Crippen LogP contribution in [0.3, 0.4) is 0 Å². The number of hydrogen-bond acceptors (Lipinski definition) is 3. The highest BCUT2D eigenvalue weighted by Crippen LogP contribution is 2.25. The third kappa shape index (κ3) is 2.85. The lowest BCUT2D eigenvalue weighted by Crippen LogP contribution is -2.26. The molecule has 4 nitrogen and oxygen atoms in total. The van der Waals surface area contributed by atoms with Crippen molar-refractivity contribution in [3.8, 4) is 0 Å². The Morgan fingerprint density at radius 3 is 2.78 bits per heavy atom. The minimum Gasteiger partial charge on any atom is -0.443 e. The average Bonchev–Trinajstić information content (AvgIpc) is 2.54. The predicted molar refractivity (Wildman–Crippen MR) is 81.8 cm³/mol. The van der Waals surface area contributed by atoms with Gasteiger partial charge in [0.2, 0.25) is 0 Å². The van der Waals surface area contributed by atoms with E-state index in [4.69, 9.17) is 4.74 Å². The number of hydrogen-bond donors (Lipinski definition) is 0. The van der Waals surface area contributed by atoms with E-state index < -0.39 is 11.7 Å². The second-order valence-electron chi connectivity index (χ2n) is 4.85. The van der Waals surface area contributed by atoms with Crippen LogP contribution in [0.25, 0.3) is 11.0 Å². The van der Waals surface area contributed by atoms with Gasteiger partial charge in [-0.25, -0.2) is 14.3 Å². The van der Waals surface area contributed by atoms with E-state index in [2.05, 4.69) is 43.5 Å². The summed E-state index contributed by atoms with van der Waals surface area (Å²) in [6.45, 7) is 5.52. The van der Waals surface area contributed by atoms with Gasteiger partial charge in [-0.3, -0.25) is 0 Å². The zero-order valence-electron chi connectivity index (χ0n) is 10.2. The summed E-state index contributed by atoms with van der Waals surface area (Å²) in [7, 11) is 0. The number of carbonyl (C=O) groups is 1. The number of carbonyl (C=O) groups excluding carboxylic acids is 1. The molecular weight excluding hydrogens is 411 g/mol. The first-order valence-electron chi connectivity index (χ1n) is 5.33. The molecule has 2 aromatic heterocycles. The highest BCUT2D eigenvalue weighted by molar-refractivity contribution is 14.1. The molecule has 0 saturated carbocycles. The molecule has 0 atom stereocenters. The summed E-state index contributed by atoms with van der Waals surface area (Å²) in [4.78, 5) is 16.3. The van der Waals surface area contributed by atoms with Crippen molar-refractivity contribution < 1.29 is 9.53 Å². The molecule has 0 unspecified atom stereocenters. The summed E-state index contributed by atoms with van der Waals surface area (Å²) in [6, 6.07) is 1.94. The first kappa shape index (κ1) is 13.8. The highest BCUT2D eigenvalue weighted by atomic mass is 127. The Labute approximate surface area is 127 Å². The molecule has 0 aliphatic heterocycles. The van der Waals surface area contributed by atoms with Crippen LogP contribution in [0.15, 0.2) is 22.9 Å². The minimum atomic E-state index is -0.519. The standard InChI is InChI=1S/C12H12BrIN2O2/c1-12(2,3)18-11(17)16-6-9(14)8-4-7(13)5-15-10(8)16/h4-6H,1-3H3. The van der Waals surface area contributed by atoms with Crippen molar-refractivity contribution in [2.75, 3.05) is 0 Å². The lowest BCUT2D eigenvalue weighted by Gasteiger charge is -2.19. The topological polar surface area (TPSA) is 44.1 Å². The lowest BCUT2D eigenvalue weighted by molar-refractivity contribution is 0.0543. The molecule has 0 bridgehead atoms. The summed E-state index contributed by atoms with van der Waals surface area (Å²) in [5.74, 6) is 0. The summed E-state index contributed by atoms with van der Waals surface area (Å²) >= 11 is 5.55. The number of ether oxygens (including phenoxy) is 1. The second kappa shape index (κ2) is 4.80. The molecule has 2 aromatic rings. The predicted octanol–water partition coefficient (Wildman–Crippen LogP) is 4.19. The molecule has 0 aromatic carbocycles. The number of halogens is 2. The Bertz CT molecular complexity index is 616. The maximum atomic E-state index is 12.1. The number of aromatic nitrogens is 2. The lowest BCUT2D eigenvalue weighted by atomic mass is 10.2. The fraction of sp³-hybridized carbons (Fsp3) is 0.333. The molecule has 0 radical (unpaired) electrons. The van der Waals surface area contributed by atoms with E-state index in [9.17, 15) is 4.79 Å². The molecule has 2 rings (SSSR count). The second-order valence-corrected chi connectivity index (χ2v) is 6.93. The Morgan fingerprint density at radius 2 is 2.17 bits per heavy atom. The molecule has 0 spiro atoms. The van der Waals surface area contributed by atoms with Crippen LogP contribution in [-0.4, -0.2) is 21.2 Å². The monoisotopic (exact) mass is 422 g/mol. The molecular formula is C12H12BrIN2O2. The Kier molecular flexibility index (Phi) is 3.68. The van der Waals surface area contributed by atoms with E-state index in [1.54, 1.807) is 12.4 Å². The molecule has 0 N–H and O–H groups in total. The van der Waals surface area contributed by atoms with Crippen LogP contribution in [0.4, 0.5) is 4.79 Å². The normalized spacial score (nSPS) is 11.8. The zero-order chi connectivity index (χ0) is 13.5. The first-order valence-corrected chi connectivity index (χ1v) is 7.20. The Morgan fingerprint density at radius 1 is 1.50 bits per heavy atom. The number of rotatable bonds is 0. The van der Waals surface area contributed by atoms with Crippen LogP contribution in [0.2, 0.25) is 0 Å². The smallest absolute Gasteiger partial charge is 0.420 e. The van der Waals surface area contributed by atoms with Crippen molar-refractivity contribution in [1.82, 2.24) is 9.55 Å². The molecule has 2 heterocycles. The molecule has 0 saturated heterocycles. The van der Waals surface area contributed by atoms with Crippen molar-refractivity contribution in [1.29, 1.82) is 0 Å². The number of nitrogens with zero attached hydrogens (tertiary/aromatic N) is 2. The van der Waals surface area contributed by atoms with Crippen molar-refractivity contribution in [2.45, 2.75) is 26.4 Å². The van der Waals surface area contributed by atoms with E-state index in [0.29, 0.717) is 5.65 Å². The van der Waals surface area contributed by atoms with Gasteiger partial charge in [-0.2, -0.15) is 0 Å². The molecule has 0 fully saturated rings. The summed E-state index contributed by atoms with van der Waals surface area (Å²) < 4.78 is 8.63. The van der Waals surface area contributed by atoms with E-state index in [1.807, 2.05) is 26.8 Å². The maximum absolute atomic E-state index is 12.1. The van der Waals surface area contributed by atoms with Gasteiger partial charge in [0.15, 0.2) is 5.65 Å². The maximum Gasteiger partial charge on any atom is 0.420 e. The van der Waals surface area contributed by atoms with E-state index in [1.165, 1.54) is 4.57 Å². The van der Waals surface area contributed by atoms with Gasteiger partial charge < -0.3 is 4.74 Å². The SMILES string of the molecule is CC(C)(C)OC(=O)n1cc(I)c2cc(Br)cnc21. The average molecular weight is 423 g/mol. The van der Waals surface area contributed by atoms with Gasteiger partial charge in [-0.1, -0.05) is 0 Å². The quantitative estimate of drug-likeness (QED) is 0.598. The van der Waals surface area contributed by atoms with Crippen LogP contribution in [0, 0.1) is 3.57 Å². The summed E-state index contributed by atoms with van der Waals surface area (Å²) in [5.41, 5.74) is 0.0888. The van der Waals surface area contributed by atoms with E-state index in [0.717, 1.165) is 13.4 Å². The number of fused-ring (bicyclic) bond motifs is 1. The van der Waals surface area contributed by atoms with Gasteiger partial charge in [0.05, 0.1) is 0 Å². The summed E-state index contributed by atoms with van der Waals surface area (Å²) in [6.07, 6.45) is 2.99. The zero-order valence-corrected chi connectivity index (χ0v) is 13.9. The van der Waals surface area contributed by atoms with E-state index in [-0.39, 0.29) is 0 Å². The van der Waals surface area contributed by atoms with Crippen LogP contribution in [-0.2, 0) is 4.74 Å². The number of pyridine rings is 1. The molecule has 0 aliphatic rings. The van der Waals surface area contributed by atoms with Gasteiger partial charge in [0.25, 0.3) is 0 Å². The van der Waals surface area contributed by atoms with Crippen LogP contribution < -0.4 is 0 Å². The molecule has 6 heteroatoms. The van der Waals surface area contributed by atoms with Crippen molar-refractivity contribution >= 4 is 55.6 Å².